The van der Waals surface area contributed by atoms with Crippen molar-refractivity contribution in [3.8, 4) is 0 Å². The van der Waals surface area contributed by atoms with Gasteiger partial charge >= 0.3 is 0 Å². The van der Waals surface area contributed by atoms with Crippen LogP contribution in [0.5, 0.6) is 0 Å². The molecule has 1 heterocycles. The summed E-state index contributed by atoms with van der Waals surface area (Å²) >= 11 is 0. The largest absolute Gasteiger partial charge is 0.377 e. The molecule has 3 aliphatic carbocycles. The van der Waals surface area contributed by atoms with Crippen LogP contribution in [0.4, 0.5) is 5.69 Å². The number of pyridine rings is 1. The predicted octanol–water partition coefficient (Wildman–Crippen LogP) is 4.52. The van der Waals surface area contributed by atoms with Crippen LogP contribution in [0.3, 0.4) is 0 Å². The van der Waals surface area contributed by atoms with Gasteiger partial charge < -0.3 is 4.90 Å². The zero-order valence-electron chi connectivity index (χ0n) is 14.7. The number of hydrogen-bond donors (Lipinski definition) is 0. The van der Waals surface area contributed by atoms with Crippen molar-refractivity contribution >= 4 is 5.69 Å². The highest BCUT2D eigenvalue weighted by atomic mass is 15.1. The summed E-state index contributed by atoms with van der Waals surface area (Å²) in [5, 5.41) is 0. The summed E-state index contributed by atoms with van der Waals surface area (Å²) in [6.45, 7) is 0. The lowest BCUT2D eigenvalue weighted by Gasteiger charge is -2.38. The zero-order chi connectivity index (χ0) is 17.0. The Morgan fingerprint density at radius 1 is 0.800 bits per heavy atom. The Balaban J connectivity index is 1.82. The molecule has 2 heteroatoms. The topological polar surface area (TPSA) is 16.1 Å². The monoisotopic (exact) mass is 326 g/mol. The van der Waals surface area contributed by atoms with Crippen molar-refractivity contribution < 1.29 is 0 Å². The molecule has 0 unspecified atom stereocenters. The third-order valence-corrected chi connectivity index (χ3v) is 5.87. The van der Waals surface area contributed by atoms with E-state index in [1.807, 2.05) is 6.20 Å². The van der Waals surface area contributed by atoms with Crippen LogP contribution in [-0.4, -0.2) is 19.1 Å². The van der Waals surface area contributed by atoms with E-state index >= 15 is 0 Å². The standard InChI is InChI=1S/C23H22N2/c1-25(2)21-11-12-24-23-20-14-16-8-4-3-7-15(16)13-19(22(21)23)17-9-5-6-10-18(17)20/h3-12,19-20H,13-14H2,1-2H3/t19-,20+/m0/s1. The third-order valence-electron chi connectivity index (χ3n) is 5.87. The molecule has 3 aromatic rings. The zero-order valence-corrected chi connectivity index (χ0v) is 14.7. The Morgan fingerprint density at radius 3 is 2.08 bits per heavy atom. The molecule has 0 aliphatic heterocycles. The number of rotatable bonds is 1. The molecule has 0 fully saturated rings. The van der Waals surface area contributed by atoms with Gasteiger partial charge in [-0.3, -0.25) is 4.98 Å². The van der Waals surface area contributed by atoms with Gasteiger partial charge in [-0.25, -0.2) is 0 Å². The van der Waals surface area contributed by atoms with Gasteiger partial charge in [0.15, 0.2) is 0 Å². The molecule has 2 nitrogen and oxygen atoms in total. The Morgan fingerprint density at radius 2 is 1.40 bits per heavy atom. The van der Waals surface area contributed by atoms with Gasteiger partial charge in [-0.05, 0) is 41.2 Å². The first kappa shape index (κ1) is 14.7. The predicted molar refractivity (Wildman–Crippen MR) is 103 cm³/mol. The summed E-state index contributed by atoms with van der Waals surface area (Å²) in [4.78, 5) is 7.13. The van der Waals surface area contributed by atoms with Crippen LogP contribution in [0.2, 0.25) is 0 Å². The van der Waals surface area contributed by atoms with Gasteiger partial charge in [0, 0.05) is 43.4 Å². The molecule has 25 heavy (non-hydrogen) atoms. The normalized spacial score (nSPS) is 20.1. The SMILES string of the molecule is CN(C)c1ccnc2c1[C@H]1Cc3ccccc3C[C@@H]2c2ccccc21. The summed E-state index contributed by atoms with van der Waals surface area (Å²) in [5.74, 6) is 0.735. The van der Waals surface area contributed by atoms with Gasteiger partial charge in [-0.15, -0.1) is 0 Å². The number of benzene rings is 2. The van der Waals surface area contributed by atoms with E-state index in [-0.39, 0.29) is 0 Å². The minimum absolute atomic E-state index is 0.351. The Kier molecular flexibility index (Phi) is 3.21. The fraction of sp³-hybridized carbons (Fsp3) is 0.261. The van der Waals surface area contributed by atoms with Crippen molar-refractivity contribution in [1.82, 2.24) is 4.98 Å². The summed E-state index contributed by atoms with van der Waals surface area (Å²) in [5.41, 5.74) is 9.97. The van der Waals surface area contributed by atoms with Crippen LogP contribution < -0.4 is 4.90 Å². The molecular formula is C23H22N2. The average molecular weight is 326 g/mol. The van der Waals surface area contributed by atoms with Crippen molar-refractivity contribution in [3.05, 3.63) is 94.3 Å². The fourth-order valence-corrected chi connectivity index (χ4v) is 4.77. The van der Waals surface area contributed by atoms with Crippen molar-refractivity contribution in [2.24, 2.45) is 0 Å². The molecule has 0 N–H and O–H groups in total. The molecule has 1 aromatic heterocycles. The van der Waals surface area contributed by atoms with Gasteiger partial charge in [-0.1, -0.05) is 48.5 Å². The van der Waals surface area contributed by atoms with E-state index in [2.05, 4.69) is 73.6 Å². The van der Waals surface area contributed by atoms with E-state index in [4.69, 9.17) is 4.98 Å². The lowest BCUT2D eigenvalue weighted by Crippen LogP contribution is -2.28. The number of nitrogens with zero attached hydrogens (tertiary/aromatic N) is 2. The van der Waals surface area contributed by atoms with Crippen LogP contribution in [0.25, 0.3) is 0 Å². The maximum atomic E-state index is 4.89. The second kappa shape index (κ2) is 5.45. The summed E-state index contributed by atoms with van der Waals surface area (Å²) in [6, 6.07) is 20.1. The Labute approximate surface area is 149 Å². The average Bonchev–Trinajstić information content (AvgIpc) is 2.62. The molecule has 0 saturated heterocycles. The molecule has 0 radical (unpaired) electrons. The van der Waals surface area contributed by atoms with Crippen LogP contribution in [0.1, 0.15) is 45.3 Å². The molecule has 2 aromatic carbocycles. The number of aromatic nitrogens is 1. The van der Waals surface area contributed by atoms with E-state index in [1.165, 1.54) is 39.2 Å². The quantitative estimate of drug-likeness (QED) is 0.653. The van der Waals surface area contributed by atoms with Gasteiger partial charge in [0.05, 0.1) is 5.69 Å². The minimum Gasteiger partial charge on any atom is -0.377 e. The van der Waals surface area contributed by atoms with E-state index in [0.717, 1.165) is 12.8 Å². The summed E-state index contributed by atoms with van der Waals surface area (Å²) in [6.07, 6.45) is 4.08. The lowest BCUT2D eigenvalue weighted by molar-refractivity contribution is 0.635. The maximum Gasteiger partial charge on any atom is 0.0540 e. The fourth-order valence-electron chi connectivity index (χ4n) is 4.77. The first-order valence-corrected chi connectivity index (χ1v) is 9.05. The maximum absolute atomic E-state index is 4.89. The van der Waals surface area contributed by atoms with Gasteiger partial charge in [0.1, 0.15) is 0 Å². The first-order valence-electron chi connectivity index (χ1n) is 9.05. The molecule has 0 saturated carbocycles. The van der Waals surface area contributed by atoms with Gasteiger partial charge in [0.25, 0.3) is 0 Å². The van der Waals surface area contributed by atoms with E-state index in [1.54, 1.807) is 0 Å². The van der Waals surface area contributed by atoms with Crippen LogP contribution in [0.15, 0.2) is 60.8 Å². The second-order valence-electron chi connectivity index (χ2n) is 7.43. The molecule has 0 amide bonds. The van der Waals surface area contributed by atoms with Crippen molar-refractivity contribution in [1.29, 1.82) is 0 Å². The van der Waals surface area contributed by atoms with Crippen LogP contribution in [0, 0.1) is 0 Å². The van der Waals surface area contributed by atoms with E-state index < -0.39 is 0 Å². The highest BCUT2D eigenvalue weighted by molar-refractivity contribution is 5.64. The van der Waals surface area contributed by atoms with Crippen molar-refractivity contribution in [3.63, 3.8) is 0 Å². The number of anilines is 1. The summed E-state index contributed by atoms with van der Waals surface area (Å²) < 4.78 is 0. The van der Waals surface area contributed by atoms with E-state index in [0.29, 0.717) is 11.8 Å². The minimum atomic E-state index is 0.351. The Bertz CT molecular complexity index is 958. The Hall–Kier alpha value is -2.61. The molecule has 2 atom stereocenters. The van der Waals surface area contributed by atoms with E-state index in [9.17, 15) is 0 Å². The lowest BCUT2D eigenvalue weighted by atomic mass is 9.67. The van der Waals surface area contributed by atoms with Gasteiger partial charge in [0.2, 0.25) is 0 Å². The molecule has 2 bridgehead atoms. The van der Waals surface area contributed by atoms with Crippen LogP contribution >= 0.6 is 0 Å². The second-order valence-corrected chi connectivity index (χ2v) is 7.43. The van der Waals surface area contributed by atoms with Gasteiger partial charge in [-0.2, -0.15) is 0 Å². The molecule has 124 valence electrons. The van der Waals surface area contributed by atoms with Crippen molar-refractivity contribution in [2.45, 2.75) is 24.7 Å². The van der Waals surface area contributed by atoms with Crippen molar-refractivity contribution in [2.75, 3.05) is 19.0 Å². The third kappa shape index (κ3) is 2.13. The summed E-state index contributed by atoms with van der Waals surface area (Å²) in [7, 11) is 4.28. The molecule has 3 aliphatic rings. The molecular weight excluding hydrogens is 304 g/mol. The molecule has 6 rings (SSSR count). The highest BCUT2D eigenvalue weighted by Crippen LogP contribution is 2.50. The first-order chi connectivity index (χ1) is 12.2. The highest BCUT2D eigenvalue weighted by Gasteiger charge is 2.37. The van der Waals surface area contributed by atoms with Crippen LogP contribution in [-0.2, 0) is 12.8 Å². The molecule has 0 spiro atoms. The smallest absolute Gasteiger partial charge is 0.0540 e. The number of hydrogen-bond acceptors (Lipinski definition) is 2.